The van der Waals surface area contributed by atoms with Crippen molar-refractivity contribution in [3.63, 3.8) is 0 Å². The summed E-state index contributed by atoms with van der Waals surface area (Å²) in [6, 6.07) is 15.9. The van der Waals surface area contributed by atoms with Gasteiger partial charge in [0.25, 0.3) is 0 Å². The maximum absolute atomic E-state index is 13.3. The van der Waals surface area contributed by atoms with Crippen LogP contribution < -0.4 is 5.32 Å². The van der Waals surface area contributed by atoms with Gasteiger partial charge in [0.15, 0.2) is 0 Å². The lowest BCUT2D eigenvalue weighted by molar-refractivity contribution is -0.116. The van der Waals surface area contributed by atoms with E-state index < -0.39 is 28.4 Å². The predicted octanol–water partition coefficient (Wildman–Crippen LogP) is 3.74. The largest absolute Gasteiger partial charge is 0.462 e. The number of benzene rings is 2. The molecule has 0 radical (unpaired) electrons. The molecule has 0 bridgehead atoms. The Morgan fingerprint density at radius 2 is 1.79 bits per heavy atom. The number of rotatable bonds is 9. The molecular weight excluding hydrogens is 466 g/mol. The Labute approximate surface area is 197 Å². The quantitative estimate of drug-likeness (QED) is 0.461. The molecule has 0 spiro atoms. The van der Waals surface area contributed by atoms with Crippen LogP contribution in [0.4, 0.5) is 5.69 Å². The van der Waals surface area contributed by atoms with Gasteiger partial charge in [-0.15, -0.1) is 0 Å². The average molecular weight is 488 g/mol. The van der Waals surface area contributed by atoms with Crippen LogP contribution >= 0.6 is 11.6 Å². The average Bonchev–Trinajstić information content (AvgIpc) is 2.81. The summed E-state index contributed by atoms with van der Waals surface area (Å²) in [4.78, 5) is 28.9. The van der Waals surface area contributed by atoms with Crippen molar-refractivity contribution in [2.75, 3.05) is 18.5 Å². The second-order valence-corrected chi connectivity index (χ2v) is 9.28. The molecule has 2 aromatic carbocycles. The van der Waals surface area contributed by atoms with E-state index in [1.807, 2.05) is 0 Å². The van der Waals surface area contributed by atoms with Gasteiger partial charge in [-0.25, -0.2) is 13.2 Å². The molecule has 10 heteroatoms. The normalized spacial score (nSPS) is 11.2. The minimum Gasteiger partial charge on any atom is -0.462 e. The summed E-state index contributed by atoms with van der Waals surface area (Å²) in [6.07, 6.45) is 2.68. The standard InChI is InChI=1S/C23H22ClN3O5S/c1-2-32-23(29)20-7-3-4-8-21(20)26-22(28)16-27(15-17-9-11-18(24)12-10-17)33(30,31)19-6-5-13-25-14-19/h3-14H,2,15-16H2,1H3,(H,26,28). The van der Waals surface area contributed by atoms with Gasteiger partial charge in [-0.3, -0.25) is 9.78 Å². The number of aromatic nitrogens is 1. The molecule has 0 saturated carbocycles. The van der Waals surface area contributed by atoms with Gasteiger partial charge in [-0.2, -0.15) is 4.31 Å². The Morgan fingerprint density at radius 1 is 1.06 bits per heavy atom. The molecule has 1 amide bonds. The summed E-state index contributed by atoms with van der Waals surface area (Å²) in [5.74, 6) is -1.21. The van der Waals surface area contributed by atoms with Crippen LogP contribution in [0.3, 0.4) is 0 Å². The van der Waals surface area contributed by atoms with Crippen LogP contribution in [0.2, 0.25) is 5.02 Å². The van der Waals surface area contributed by atoms with Gasteiger partial charge in [0.1, 0.15) is 4.90 Å². The van der Waals surface area contributed by atoms with Crippen LogP contribution in [0.25, 0.3) is 0 Å². The van der Waals surface area contributed by atoms with Crippen LogP contribution in [-0.4, -0.2) is 42.7 Å². The number of esters is 1. The Kier molecular flexibility index (Phi) is 8.16. The first-order valence-electron chi connectivity index (χ1n) is 10.0. The van der Waals surface area contributed by atoms with E-state index in [9.17, 15) is 18.0 Å². The van der Waals surface area contributed by atoms with E-state index in [0.717, 1.165) is 4.31 Å². The summed E-state index contributed by atoms with van der Waals surface area (Å²) >= 11 is 5.93. The van der Waals surface area contributed by atoms with Crippen molar-refractivity contribution in [2.45, 2.75) is 18.4 Å². The van der Waals surface area contributed by atoms with Crippen molar-refractivity contribution in [3.8, 4) is 0 Å². The first kappa shape index (κ1) is 24.4. The number of ether oxygens (including phenoxy) is 1. The number of hydrogen-bond donors (Lipinski definition) is 1. The van der Waals surface area contributed by atoms with Crippen LogP contribution in [0, 0.1) is 0 Å². The SMILES string of the molecule is CCOC(=O)c1ccccc1NC(=O)CN(Cc1ccc(Cl)cc1)S(=O)(=O)c1cccnc1. The highest BCUT2D eigenvalue weighted by Crippen LogP contribution is 2.20. The molecule has 172 valence electrons. The van der Waals surface area contributed by atoms with Gasteiger partial charge in [0.2, 0.25) is 15.9 Å². The summed E-state index contributed by atoms with van der Waals surface area (Å²) < 4.78 is 32.6. The number of carbonyl (C=O) groups excluding carboxylic acids is 2. The molecule has 0 saturated heterocycles. The molecule has 0 fully saturated rings. The Morgan fingerprint density at radius 3 is 2.45 bits per heavy atom. The zero-order valence-electron chi connectivity index (χ0n) is 17.8. The van der Waals surface area contributed by atoms with E-state index in [4.69, 9.17) is 16.3 Å². The van der Waals surface area contributed by atoms with E-state index in [1.54, 1.807) is 49.4 Å². The van der Waals surface area contributed by atoms with E-state index in [-0.39, 0.29) is 29.3 Å². The predicted molar refractivity (Wildman–Crippen MR) is 124 cm³/mol. The van der Waals surface area contributed by atoms with Crippen LogP contribution in [0.5, 0.6) is 0 Å². The fourth-order valence-corrected chi connectivity index (χ4v) is 4.47. The summed E-state index contributed by atoms with van der Waals surface area (Å²) in [7, 11) is -4.05. The Bertz CT molecular complexity index is 1220. The van der Waals surface area contributed by atoms with Gasteiger partial charge >= 0.3 is 5.97 Å². The van der Waals surface area contributed by atoms with Gasteiger partial charge in [-0.05, 0) is 48.9 Å². The highest BCUT2D eigenvalue weighted by Gasteiger charge is 2.27. The molecule has 3 rings (SSSR count). The molecule has 1 N–H and O–H groups in total. The van der Waals surface area contributed by atoms with Gasteiger partial charge in [-0.1, -0.05) is 35.9 Å². The van der Waals surface area contributed by atoms with E-state index in [0.29, 0.717) is 10.6 Å². The smallest absolute Gasteiger partial charge is 0.340 e. The number of anilines is 1. The molecule has 1 aromatic heterocycles. The zero-order chi connectivity index (χ0) is 23.8. The first-order valence-corrected chi connectivity index (χ1v) is 11.8. The molecular formula is C23H22ClN3O5S. The van der Waals surface area contributed by atoms with Crippen molar-refractivity contribution in [2.24, 2.45) is 0 Å². The third-order valence-electron chi connectivity index (χ3n) is 4.56. The van der Waals surface area contributed by atoms with Crippen molar-refractivity contribution in [1.82, 2.24) is 9.29 Å². The summed E-state index contributed by atoms with van der Waals surface area (Å²) in [5, 5.41) is 3.12. The van der Waals surface area contributed by atoms with Gasteiger partial charge < -0.3 is 10.1 Å². The van der Waals surface area contributed by atoms with Crippen LogP contribution in [0.1, 0.15) is 22.8 Å². The second kappa shape index (κ2) is 11.0. The number of para-hydroxylation sites is 1. The minimum atomic E-state index is -4.05. The third kappa shape index (κ3) is 6.38. The number of halogens is 1. The van der Waals surface area contributed by atoms with Gasteiger partial charge in [0, 0.05) is 24.0 Å². The number of carbonyl (C=O) groups is 2. The topological polar surface area (TPSA) is 106 Å². The van der Waals surface area contributed by atoms with Crippen molar-refractivity contribution in [1.29, 1.82) is 0 Å². The molecule has 1 heterocycles. The lowest BCUT2D eigenvalue weighted by Gasteiger charge is -2.22. The number of pyridine rings is 1. The number of sulfonamides is 1. The molecule has 0 aliphatic carbocycles. The lowest BCUT2D eigenvalue weighted by atomic mass is 10.2. The van der Waals surface area contributed by atoms with Crippen molar-refractivity contribution < 1.29 is 22.7 Å². The molecule has 33 heavy (non-hydrogen) atoms. The van der Waals surface area contributed by atoms with Gasteiger partial charge in [0.05, 0.1) is 24.4 Å². The zero-order valence-corrected chi connectivity index (χ0v) is 19.3. The van der Waals surface area contributed by atoms with Crippen LogP contribution in [0.15, 0.2) is 78.0 Å². The first-order chi connectivity index (χ1) is 15.8. The van der Waals surface area contributed by atoms with Crippen molar-refractivity contribution >= 4 is 39.2 Å². The number of nitrogens with zero attached hydrogens (tertiary/aromatic N) is 2. The highest BCUT2D eigenvalue weighted by molar-refractivity contribution is 7.89. The lowest BCUT2D eigenvalue weighted by Crippen LogP contribution is -2.37. The van der Waals surface area contributed by atoms with E-state index in [2.05, 4.69) is 10.3 Å². The molecule has 0 atom stereocenters. The minimum absolute atomic E-state index is 0.0429. The maximum atomic E-state index is 13.3. The Hall–Kier alpha value is -3.27. The molecule has 0 aliphatic heterocycles. The van der Waals surface area contributed by atoms with Crippen LogP contribution in [-0.2, 0) is 26.1 Å². The second-order valence-electron chi connectivity index (χ2n) is 6.90. The number of hydrogen-bond acceptors (Lipinski definition) is 6. The Balaban J connectivity index is 1.87. The fraction of sp³-hybridized carbons (Fsp3) is 0.174. The third-order valence-corrected chi connectivity index (χ3v) is 6.59. The maximum Gasteiger partial charge on any atom is 0.340 e. The fourth-order valence-electron chi connectivity index (χ4n) is 3.00. The van der Waals surface area contributed by atoms with Crippen molar-refractivity contribution in [3.05, 3.63) is 89.2 Å². The van der Waals surface area contributed by atoms with E-state index >= 15 is 0 Å². The number of nitrogens with one attached hydrogen (secondary N) is 1. The molecule has 0 aliphatic rings. The summed E-state index contributed by atoms with van der Waals surface area (Å²) in [6.45, 7) is 1.30. The molecule has 3 aromatic rings. The summed E-state index contributed by atoms with van der Waals surface area (Å²) in [5.41, 5.74) is 1.05. The monoisotopic (exact) mass is 487 g/mol. The molecule has 8 nitrogen and oxygen atoms in total. The molecule has 0 unspecified atom stereocenters. The highest BCUT2D eigenvalue weighted by atomic mass is 35.5. The van der Waals surface area contributed by atoms with E-state index in [1.165, 1.54) is 30.6 Å². The number of amides is 1.